The van der Waals surface area contributed by atoms with Crippen LogP contribution in [0.5, 0.6) is 0 Å². The Balaban J connectivity index is 2.30. The lowest BCUT2D eigenvalue weighted by Gasteiger charge is -2.08. The summed E-state index contributed by atoms with van der Waals surface area (Å²) in [6, 6.07) is 2.74. The van der Waals surface area contributed by atoms with E-state index >= 15 is 0 Å². The van der Waals surface area contributed by atoms with E-state index in [4.69, 9.17) is 16.7 Å². The standard InChI is InChI=1S/C12H8ClN3O3/c13-9-5-14-3-1-7(9)11(17)16-10-6-15-4-2-8(10)12(18)19/h1-6H,(H,16,17)(H,18,19). The van der Waals surface area contributed by atoms with Gasteiger partial charge in [0.05, 0.1) is 28.0 Å². The Labute approximate surface area is 113 Å². The molecule has 0 spiro atoms. The lowest BCUT2D eigenvalue weighted by Crippen LogP contribution is -2.15. The van der Waals surface area contributed by atoms with Crippen LogP contribution in [0.15, 0.2) is 36.9 Å². The molecule has 0 atom stereocenters. The van der Waals surface area contributed by atoms with Gasteiger partial charge in [-0.3, -0.25) is 14.8 Å². The van der Waals surface area contributed by atoms with E-state index in [1.54, 1.807) is 0 Å². The summed E-state index contributed by atoms with van der Waals surface area (Å²) in [5, 5.41) is 11.6. The summed E-state index contributed by atoms with van der Waals surface area (Å²) < 4.78 is 0. The summed E-state index contributed by atoms with van der Waals surface area (Å²) >= 11 is 5.83. The fourth-order valence-electron chi connectivity index (χ4n) is 1.43. The van der Waals surface area contributed by atoms with Crippen LogP contribution in [-0.4, -0.2) is 27.0 Å². The number of hydrogen-bond acceptors (Lipinski definition) is 4. The summed E-state index contributed by atoms with van der Waals surface area (Å²) in [5.74, 6) is -1.68. The van der Waals surface area contributed by atoms with E-state index in [1.165, 1.54) is 36.9 Å². The molecular weight excluding hydrogens is 270 g/mol. The smallest absolute Gasteiger partial charge is 0.337 e. The molecule has 2 rings (SSSR count). The monoisotopic (exact) mass is 277 g/mol. The highest BCUT2D eigenvalue weighted by Crippen LogP contribution is 2.18. The van der Waals surface area contributed by atoms with Crippen LogP contribution in [0.25, 0.3) is 0 Å². The summed E-state index contributed by atoms with van der Waals surface area (Å²) in [6.45, 7) is 0. The third kappa shape index (κ3) is 2.86. The van der Waals surface area contributed by atoms with Crippen LogP contribution in [0.3, 0.4) is 0 Å². The third-order valence-electron chi connectivity index (χ3n) is 2.32. The zero-order valence-electron chi connectivity index (χ0n) is 9.50. The lowest BCUT2D eigenvalue weighted by molar-refractivity contribution is 0.0698. The number of aromatic carboxylic acids is 1. The van der Waals surface area contributed by atoms with Crippen LogP contribution in [-0.2, 0) is 0 Å². The second-order valence-corrected chi connectivity index (χ2v) is 3.94. The molecule has 2 aromatic rings. The van der Waals surface area contributed by atoms with Gasteiger partial charge in [-0.1, -0.05) is 11.6 Å². The number of carbonyl (C=O) groups excluding carboxylic acids is 1. The molecule has 0 aliphatic heterocycles. The first-order valence-corrected chi connectivity index (χ1v) is 5.55. The Kier molecular flexibility index (Phi) is 3.72. The molecule has 0 saturated carbocycles. The van der Waals surface area contributed by atoms with E-state index in [2.05, 4.69) is 15.3 Å². The molecule has 0 bridgehead atoms. The molecule has 1 amide bonds. The van der Waals surface area contributed by atoms with Gasteiger partial charge in [0.1, 0.15) is 0 Å². The molecule has 0 aliphatic carbocycles. The Morgan fingerprint density at radius 2 is 1.74 bits per heavy atom. The third-order valence-corrected chi connectivity index (χ3v) is 2.62. The summed E-state index contributed by atoms with van der Waals surface area (Å²) in [6.07, 6.45) is 5.34. The topological polar surface area (TPSA) is 92.2 Å². The molecule has 0 fully saturated rings. The molecule has 0 aromatic carbocycles. The predicted molar refractivity (Wildman–Crippen MR) is 68.4 cm³/mol. The number of hydrogen-bond donors (Lipinski definition) is 2. The van der Waals surface area contributed by atoms with E-state index < -0.39 is 11.9 Å². The first-order chi connectivity index (χ1) is 9.09. The van der Waals surface area contributed by atoms with Gasteiger partial charge >= 0.3 is 5.97 Å². The number of pyridine rings is 2. The average molecular weight is 278 g/mol. The van der Waals surface area contributed by atoms with Crippen molar-refractivity contribution in [3.63, 3.8) is 0 Å². The van der Waals surface area contributed by atoms with Crippen molar-refractivity contribution in [2.45, 2.75) is 0 Å². The van der Waals surface area contributed by atoms with Gasteiger partial charge in [-0.05, 0) is 12.1 Å². The number of nitrogens with zero attached hydrogens (tertiary/aromatic N) is 2. The highest BCUT2D eigenvalue weighted by Gasteiger charge is 2.15. The van der Waals surface area contributed by atoms with Crippen molar-refractivity contribution >= 4 is 29.2 Å². The molecule has 6 nitrogen and oxygen atoms in total. The molecule has 2 aromatic heterocycles. The molecule has 96 valence electrons. The van der Waals surface area contributed by atoms with Gasteiger partial charge in [0.25, 0.3) is 5.91 Å². The van der Waals surface area contributed by atoms with E-state index in [9.17, 15) is 9.59 Å². The Bertz CT molecular complexity index is 646. The van der Waals surface area contributed by atoms with Crippen LogP contribution in [0, 0.1) is 0 Å². The lowest BCUT2D eigenvalue weighted by atomic mass is 10.2. The number of halogens is 1. The largest absolute Gasteiger partial charge is 0.478 e. The number of carboxylic acid groups (broad SMARTS) is 1. The van der Waals surface area contributed by atoms with Crippen LogP contribution in [0.1, 0.15) is 20.7 Å². The van der Waals surface area contributed by atoms with Crippen molar-refractivity contribution in [3.05, 3.63) is 53.1 Å². The van der Waals surface area contributed by atoms with Crippen molar-refractivity contribution < 1.29 is 14.7 Å². The minimum atomic E-state index is -1.15. The molecule has 0 unspecified atom stereocenters. The number of carbonyl (C=O) groups is 2. The SMILES string of the molecule is O=C(Nc1cnccc1C(=O)O)c1ccncc1Cl. The molecule has 2 heterocycles. The zero-order valence-corrected chi connectivity index (χ0v) is 10.3. The Morgan fingerprint density at radius 1 is 1.11 bits per heavy atom. The highest BCUT2D eigenvalue weighted by molar-refractivity contribution is 6.34. The summed E-state index contributed by atoms with van der Waals surface area (Å²) in [7, 11) is 0. The van der Waals surface area contributed by atoms with E-state index in [0.717, 1.165) is 0 Å². The average Bonchev–Trinajstić information content (AvgIpc) is 2.39. The quantitative estimate of drug-likeness (QED) is 0.896. The number of rotatable bonds is 3. The molecule has 19 heavy (non-hydrogen) atoms. The Morgan fingerprint density at radius 3 is 2.37 bits per heavy atom. The molecule has 0 radical (unpaired) electrons. The van der Waals surface area contributed by atoms with Gasteiger partial charge in [-0.15, -0.1) is 0 Å². The molecule has 0 aliphatic rings. The second-order valence-electron chi connectivity index (χ2n) is 3.54. The van der Waals surface area contributed by atoms with Gasteiger partial charge in [-0.2, -0.15) is 0 Å². The molecule has 7 heteroatoms. The number of nitrogens with one attached hydrogen (secondary N) is 1. The first kappa shape index (κ1) is 13.0. The van der Waals surface area contributed by atoms with Crippen molar-refractivity contribution in [3.8, 4) is 0 Å². The van der Waals surface area contributed by atoms with Gasteiger partial charge in [0, 0.05) is 18.6 Å². The van der Waals surface area contributed by atoms with Gasteiger partial charge in [0.2, 0.25) is 0 Å². The maximum atomic E-state index is 12.0. The zero-order chi connectivity index (χ0) is 13.8. The van der Waals surface area contributed by atoms with Crippen LogP contribution >= 0.6 is 11.6 Å². The first-order valence-electron chi connectivity index (χ1n) is 5.18. The highest BCUT2D eigenvalue weighted by atomic mass is 35.5. The molecule has 2 N–H and O–H groups in total. The van der Waals surface area contributed by atoms with Crippen LogP contribution < -0.4 is 5.32 Å². The second kappa shape index (κ2) is 5.45. The minimum absolute atomic E-state index is 0.0477. The maximum Gasteiger partial charge on any atom is 0.337 e. The van der Waals surface area contributed by atoms with Crippen molar-refractivity contribution in [1.82, 2.24) is 9.97 Å². The van der Waals surface area contributed by atoms with Gasteiger partial charge in [0.15, 0.2) is 0 Å². The van der Waals surface area contributed by atoms with Crippen LogP contribution in [0.2, 0.25) is 5.02 Å². The summed E-state index contributed by atoms with van der Waals surface area (Å²) in [4.78, 5) is 30.5. The number of amides is 1. The maximum absolute atomic E-state index is 12.0. The van der Waals surface area contributed by atoms with Crippen molar-refractivity contribution in [2.24, 2.45) is 0 Å². The number of anilines is 1. The van der Waals surface area contributed by atoms with E-state index in [1.807, 2.05) is 0 Å². The minimum Gasteiger partial charge on any atom is -0.478 e. The molecular formula is C12H8ClN3O3. The van der Waals surface area contributed by atoms with Crippen LogP contribution in [0.4, 0.5) is 5.69 Å². The number of carboxylic acids is 1. The van der Waals surface area contributed by atoms with E-state index in [0.29, 0.717) is 0 Å². The molecule has 0 saturated heterocycles. The fourth-order valence-corrected chi connectivity index (χ4v) is 1.63. The van der Waals surface area contributed by atoms with Gasteiger partial charge in [-0.25, -0.2) is 4.79 Å². The van der Waals surface area contributed by atoms with Gasteiger partial charge < -0.3 is 10.4 Å². The summed E-state index contributed by atoms with van der Waals surface area (Å²) in [5.41, 5.74) is 0.262. The fraction of sp³-hybridized carbons (Fsp3) is 0. The predicted octanol–water partition coefficient (Wildman–Crippen LogP) is 2.08. The normalized spacial score (nSPS) is 9.95. The van der Waals surface area contributed by atoms with Crippen molar-refractivity contribution in [1.29, 1.82) is 0 Å². The van der Waals surface area contributed by atoms with E-state index in [-0.39, 0.29) is 21.8 Å². The van der Waals surface area contributed by atoms with Crippen molar-refractivity contribution in [2.75, 3.05) is 5.32 Å². The number of aromatic nitrogens is 2. The Hall–Kier alpha value is -2.47.